The van der Waals surface area contributed by atoms with E-state index in [2.05, 4.69) is 35.7 Å². The Hall–Kier alpha value is -1.75. The molecule has 96 valence electrons. The quantitative estimate of drug-likeness (QED) is 0.701. The van der Waals surface area contributed by atoms with Crippen molar-refractivity contribution in [3.8, 4) is 0 Å². The van der Waals surface area contributed by atoms with Crippen LogP contribution in [0.3, 0.4) is 0 Å². The first-order chi connectivity index (χ1) is 8.61. The lowest BCUT2D eigenvalue weighted by Gasteiger charge is -2.38. The molecule has 0 amide bonds. The van der Waals surface area contributed by atoms with Crippen molar-refractivity contribution >= 4 is 6.21 Å². The van der Waals surface area contributed by atoms with Crippen LogP contribution in [0.1, 0.15) is 13.8 Å². The van der Waals surface area contributed by atoms with Gasteiger partial charge in [-0.1, -0.05) is 0 Å². The van der Waals surface area contributed by atoms with E-state index in [1.165, 1.54) is 17.0 Å². The zero-order valence-corrected chi connectivity index (χ0v) is 11.3. The maximum absolute atomic E-state index is 5.27. The minimum Gasteiger partial charge on any atom is -0.355 e. The molecule has 5 nitrogen and oxygen atoms in total. The van der Waals surface area contributed by atoms with Gasteiger partial charge in [0.25, 0.3) is 0 Å². The standard InChI is InChI=1S/C13H18N4O/c1-9-6-15(3)13-12(10(9)2)14-5-11-7-16(18-4)8-17(11)13/h5,7H,6,8H2,1-4H3. The summed E-state index contributed by atoms with van der Waals surface area (Å²) >= 11 is 0. The Balaban J connectivity index is 2.05. The van der Waals surface area contributed by atoms with Gasteiger partial charge in [-0.05, 0) is 25.0 Å². The minimum absolute atomic E-state index is 0.716. The number of hydrogen-bond acceptors (Lipinski definition) is 5. The Labute approximate surface area is 107 Å². The van der Waals surface area contributed by atoms with Gasteiger partial charge in [-0.3, -0.25) is 9.83 Å². The fraction of sp³-hybridized carbons (Fsp3) is 0.462. The molecule has 0 fully saturated rings. The van der Waals surface area contributed by atoms with Crippen molar-refractivity contribution in [3.05, 3.63) is 34.6 Å². The fourth-order valence-electron chi connectivity index (χ4n) is 2.60. The molecule has 0 spiro atoms. The number of allylic oxidation sites excluding steroid dienone is 2. The second-order valence-electron chi connectivity index (χ2n) is 4.91. The molecular formula is C13H18N4O. The summed E-state index contributed by atoms with van der Waals surface area (Å²) in [5, 5.41) is 1.81. The largest absolute Gasteiger partial charge is 0.355 e. The van der Waals surface area contributed by atoms with Crippen molar-refractivity contribution in [2.24, 2.45) is 4.99 Å². The Morgan fingerprint density at radius 2 is 2.11 bits per heavy atom. The van der Waals surface area contributed by atoms with Crippen molar-refractivity contribution < 1.29 is 4.84 Å². The van der Waals surface area contributed by atoms with E-state index in [4.69, 9.17) is 4.84 Å². The van der Waals surface area contributed by atoms with Crippen molar-refractivity contribution in [2.45, 2.75) is 13.8 Å². The lowest BCUT2D eigenvalue weighted by molar-refractivity contribution is -0.0968. The van der Waals surface area contributed by atoms with Crippen LogP contribution < -0.4 is 0 Å². The van der Waals surface area contributed by atoms with E-state index in [0.717, 1.165) is 17.9 Å². The van der Waals surface area contributed by atoms with Gasteiger partial charge < -0.3 is 9.80 Å². The van der Waals surface area contributed by atoms with Crippen molar-refractivity contribution in [2.75, 3.05) is 27.4 Å². The smallest absolute Gasteiger partial charge is 0.137 e. The molecule has 3 aliphatic heterocycles. The molecule has 0 radical (unpaired) electrons. The van der Waals surface area contributed by atoms with Crippen LogP contribution in [-0.2, 0) is 4.84 Å². The normalized spacial score (nSPS) is 22.7. The summed E-state index contributed by atoms with van der Waals surface area (Å²) in [4.78, 5) is 14.4. The number of hydrogen-bond donors (Lipinski definition) is 0. The fourth-order valence-corrected chi connectivity index (χ4v) is 2.60. The van der Waals surface area contributed by atoms with Crippen molar-refractivity contribution in [1.82, 2.24) is 14.9 Å². The van der Waals surface area contributed by atoms with E-state index in [-0.39, 0.29) is 0 Å². The topological polar surface area (TPSA) is 31.3 Å². The van der Waals surface area contributed by atoms with Gasteiger partial charge in [-0.2, -0.15) is 0 Å². The highest BCUT2D eigenvalue weighted by Crippen LogP contribution is 2.35. The SMILES string of the molecule is CON1C=C2C=NC3=C(N(C)CC(C)=C3C)N2C1. The summed E-state index contributed by atoms with van der Waals surface area (Å²) < 4.78 is 0. The van der Waals surface area contributed by atoms with Crippen LogP contribution in [0.15, 0.2) is 39.6 Å². The molecule has 0 N–H and O–H groups in total. The zero-order chi connectivity index (χ0) is 12.9. The van der Waals surface area contributed by atoms with Crippen LogP contribution in [-0.4, -0.2) is 48.4 Å². The Morgan fingerprint density at radius 1 is 1.33 bits per heavy atom. The predicted molar refractivity (Wildman–Crippen MR) is 70.2 cm³/mol. The minimum atomic E-state index is 0.716. The van der Waals surface area contributed by atoms with Gasteiger partial charge in [-0.25, -0.2) is 5.06 Å². The zero-order valence-electron chi connectivity index (χ0n) is 11.3. The van der Waals surface area contributed by atoms with Gasteiger partial charge in [0.2, 0.25) is 0 Å². The van der Waals surface area contributed by atoms with Crippen LogP contribution in [0.2, 0.25) is 0 Å². The molecule has 0 atom stereocenters. The molecule has 5 heteroatoms. The van der Waals surface area contributed by atoms with Gasteiger partial charge in [0, 0.05) is 13.6 Å². The second-order valence-corrected chi connectivity index (χ2v) is 4.91. The second kappa shape index (κ2) is 3.88. The van der Waals surface area contributed by atoms with Crippen LogP contribution >= 0.6 is 0 Å². The molecule has 18 heavy (non-hydrogen) atoms. The summed E-state index contributed by atoms with van der Waals surface area (Å²) in [5.41, 5.74) is 4.82. The summed E-state index contributed by atoms with van der Waals surface area (Å²) in [6, 6.07) is 0. The van der Waals surface area contributed by atoms with E-state index >= 15 is 0 Å². The molecule has 0 saturated heterocycles. The van der Waals surface area contributed by atoms with Crippen LogP contribution in [0.25, 0.3) is 0 Å². The van der Waals surface area contributed by atoms with Crippen molar-refractivity contribution in [3.63, 3.8) is 0 Å². The molecular weight excluding hydrogens is 228 g/mol. The summed E-state index contributed by atoms with van der Waals surface area (Å²) in [5.74, 6) is 1.17. The van der Waals surface area contributed by atoms with Crippen LogP contribution in [0.5, 0.6) is 0 Å². The molecule has 0 bridgehead atoms. The maximum Gasteiger partial charge on any atom is 0.137 e. The van der Waals surface area contributed by atoms with Crippen LogP contribution in [0.4, 0.5) is 0 Å². The average molecular weight is 246 g/mol. The van der Waals surface area contributed by atoms with E-state index < -0.39 is 0 Å². The van der Waals surface area contributed by atoms with Gasteiger partial charge >= 0.3 is 0 Å². The number of aliphatic imine (C=N–C) groups is 1. The highest BCUT2D eigenvalue weighted by atomic mass is 16.7. The predicted octanol–water partition coefficient (Wildman–Crippen LogP) is 1.50. The maximum atomic E-state index is 5.27. The number of nitrogens with zero attached hydrogens (tertiary/aromatic N) is 4. The molecule has 0 aliphatic carbocycles. The van der Waals surface area contributed by atoms with Gasteiger partial charge in [0.1, 0.15) is 18.2 Å². The average Bonchev–Trinajstić information content (AvgIpc) is 2.77. The summed E-state index contributed by atoms with van der Waals surface area (Å²) in [6.07, 6.45) is 3.88. The monoisotopic (exact) mass is 246 g/mol. The third-order valence-electron chi connectivity index (χ3n) is 3.73. The highest BCUT2D eigenvalue weighted by Gasteiger charge is 2.33. The summed E-state index contributed by atoms with van der Waals surface area (Å²) in [6.45, 7) is 5.99. The van der Waals surface area contributed by atoms with Crippen molar-refractivity contribution in [1.29, 1.82) is 0 Å². The van der Waals surface area contributed by atoms with Crippen LogP contribution in [0, 0.1) is 0 Å². The molecule has 0 aromatic heterocycles. The number of hydroxylamine groups is 2. The molecule has 3 heterocycles. The summed E-state index contributed by atoms with van der Waals surface area (Å²) in [7, 11) is 3.79. The van der Waals surface area contributed by atoms with Gasteiger partial charge in [0.15, 0.2) is 0 Å². The Kier molecular flexibility index (Phi) is 2.45. The van der Waals surface area contributed by atoms with E-state index in [0.29, 0.717) is 6.67 Å². The molecule has 3 rings (SSSR count). The molecule has 0 unspecified atom stereocenters. The third-order valence-corrected chi connectivity index (χ3v) is 3.73. The van der Waals surface area contributed by atoms with E-state index in [1.54, 1.807) is 7.11 Å². The first-order valence-electron chi connectivity index (χ1n) is 6.08. The highest BCUT2D eigenvalue weighted by molar-refractivity contribution is 5.82. The molecule has 0 aromatic carbocycles. The molecule has 0 aromatic rings. The molecule has 3 aliphatic rings. The number of likely N-dealkylation sites (N-methyl/N-ethyl adjacent to an activating group) is 1. The van der Waals surface area contributed by atoms with Gasteiger partial charge in [-0.15, -0.1) is 0 Å². The third kappa shape index (κ3) is 1.47. The van der Waals surface area contributed by atoms with Gasteiger partial charge in [0.05, 0.1) is 25.2 Å². The lowest BCUT2D eigenvalue weighted by Crippen LogP contribution is -2.39. The first kappa shape index (κ1) is 11.3. The number of fused-ring (bicyclic) bond motifs is 2. The van der Waals surface area contributed by atoms with E-state index in [1.807, 2.05) is 17.5 Å². The Morgan fingerprint density at radius 3 is 2.83 bits per heavy atom. The lowest BCUT2D eigenvalue weighted by atomic mass is 10.0. The van der Waals surface area contributed by atoms with E-state index in [9.17, 15) is 0 Å². The number of rotatable bonds is 1. The first-order valence-corrected chi connectivity index (χ1v) is 6.08. The Bertz CT molecular complexity index is 515. The molecule has 0 saturated carbocycles.